The van der Waals surface area contributed by atoms with Gasteiger partial charge in [-0.2, -0.15) is 0 Å². The summed E-state index contributed by atoms with van der Waals surface area (Å²) < 4.78 is 11.1. The Morgan fingerprint density at radius 1 is 1.28 bits per heavy atom. The molecule has 18 heavy (non-hydrogen) atoms. The van der Waals surface area contributed by atoms with Crippen LogP contribution in [0.3, 0.4) is 0 Å². The third kappa shape index (κ3) is 4.18. The average Bonchev–Trinajstić information content (AvgIpc) is 2.30. The minimum atomic E-state index is 0.226. The van der Waals surface area contributed by atoms with Gasteiger partial charge in [-0.3, -0.25) is 0 Å². The van der Waals surface area contributed by atoms with Crippen molar-refractivity contribution in [3.8, 4) is 11.5 Å². The number of benzene rings is 1. The van der Waals surface area contributed by atoms with E-state index in [0.717, 1.165) is 17.1 Å². The Morgan fingerprint density at radius 3 is 2.50 bits per heavy atom. The molecule has 0 saturated heterocycles. The van der Waals surface area contributed by atoms with Crippen LogP contribution in [-0.4, -0.2) is 18.2 Å². The molecule has 100 valence electrons. The molecule has 1 aromatic rings. The number of hydrogen-bond donors (Lipinski definition) is 1. The van der Waals surface area contributed by atoms with Crippen molar-refractivity contribution in [2.75, 3.05) is 13.2 Å². The fourth-order valence-corrected chi connectivity index (χ4v) is 2.12. The monoisotopic (exact) mass is 267 g/mol. The highest BCUT2D eigenvalue weighted by atomic mass is 32.1. The van der Waals surface area contributed by atoms with Gasteiger partial charge in [-0.05, 0) is 38.0 Å². The van der Waals surface area contributed by atoms with Crippen LogP contribution in [0, 0.1) is 0 Å². The number of hydrogen-bond acceptors (Lipinski definition) is 3. The van der Waals surface area contributed by atoms with Crippen LogP contribution in [0.4, 0.5) is 0 Å². The van der Waals surface area contributed by atoms with Gasteiger partial charge in [0.15, 0.2) is 0 Å². The van der Waals surface area contributed by atoms with Gasteiger partial charge in [0.1, 0.15) is 11.5 Å². The van der Waals surface area contributed by atoms with E-state index in [1.54, 1.807) is 0 Å². The van der Waals surface area contributed by atoms with Crippen LogP contribution in [-0.2, 0) is 0 Å². The predicted molar refractivity (Wildman–Crippen MR) is 78.6 cm³/mol. The lowest BCUT2D eigenvalue weighted by Crippen LogP contribution is -2.12. The zero-order chi connectivity index (χ0) is 13.5. The van der Waals surface area contributed by atoms with Crippen molar-refractivity contribution in [1.82, 2.24) is 0 Å². The third-order valence-corrected chi connectivity index (χ3v) is 2.80. The van der Waals surface area contributed by atoms with Crippen molar-refractivity contribution >= 4 is 17.2 Å². The summed E-state index contributed by atoms with van der Waals surface area (Å²) >= 11 is 4.97. The molecule has 0 fully saturated rings. The van der Waals surface area contributed by atoms with E-state index in [2.05, 4.69) is 6.92 Å². The molecule has 0 spiro atoms. The first-order valence-corrected chi connectivity index (χ1v) is 6.67. The Bertz CT molecular complexity index is 407. The average molecular weight is 267 g/mol. The fraction of sp³-hybridized carbons (Fsp3) is 0.500. The summed E-state index contributed by atoms with van der Waals surface area (Å²) in [5, 5.41) is 0. The van der Waals surface area contributed by atoms with Crippen molar-refractivity contribution in [2.45, 2.75) is 33.1 Å². The van der Waals surface area contributed by atoms with Crippen LogP contribution in [0.2, 0.25) is 0 Å². The lowest BCUT2D eigenvalue weighted by molar-refractivity contribution is 0.326. The Hall–Kier alpha value is -1.29. The van der Waals surface area contributed by atoms with E-state index in [-0.39, 0.29) is 5.92 Å². The Kier molecular flexibility index (Phi) is 5.92. The number of nitrogens with two attached hydrogens (primary N) is 1. The van der Waals surface area contributed by atoms with E-state index < -0.39 is 0 Å². The van der Waals surface area contributed by atoms with E-state index in [0.29, 0.717) is 24.6 Å². The van der Waals surface area contributed by atoms with E-state index in [1.807, 2.05) is 32.0 Å². The number of thiocarbonyl (C=S) groups is 1. The number of ether oxygens (including phenoxy) is 2. The highest BCUT2D eigenvalue weighted by molar-refractivity contribution is 7.80. The van der Waals surface area contributed by atoms with E-state index in [1.165, 1.54) is 0 Å². The fourth-order valence-electron chi connectivity index (χ4n) is 1.87. The lowest BCUT2D eigenvalue weighted by atomic mass is 9.96. The van der Waals surface area contributed by atoms with Crippen LogP contribution in [0.25, 0.3) is 0 Å². The molecule has 0 aliphatic carbocycles. The summed E-state index contributed by atoms with van der Waals surface area (Å²) in [6.45, 7) is 7.32. The van der Waals surface area contributed by atoms with Gasteiger partial charge in [-0.15, -0.1) is 0 Å². The molecule has 1 unspecified atom stereocenters. The summed E-state index contributed by atoms with van der Waals surface area (Å²) in [5.74, 6) is 1.96. The second-order valence-corrected chi connectivity index (χ2v) is 4.66. The van der Waals surface area contributed by atoms with Crippen LogP contribution in [0.15, 0.2) is 18.2 Å². The molecular formula is C14H21NO2S. The molecule has 2 N–H and O–H groups in total. The molecule has 0 heterocycles. The van der Waals surface area contributed by atoms with Gasteiger partial charge in [-0.1, -0.05) is 19.1 Å². The van der Waals surface area contributed by atoms with Crippen LogP contribution < -0.4 is 15.2 Å². The van der Waals surface area contributed by atoms with Crippen molar-refractivity contribution in [3.05, 3.63) is 23.8 Å². The predicted octanol–water partition coefficient (Wildman–Crippen LogP) is 3.26. The quantitative estimate of drug-likeness (QED) is 0.770. The first-order chi connectivity index (χ1) is 8.58. The molecule has 0 aliphatic rings. The molecule has 0 radical (unpaired) electrons. The van der Waals surface area contributed by atoms with Crippen molar-refractivity contribution in [1.29, 1.82) is 0 Å². The molecule has 0 amide bonds. The SMILES string of the molecule is CCOc1ccc(OCC)c(C(C)CC(N)=S)c1. The summed E-state index contributed by atoms with van der Waals surface area (Å²) in [7, 11) is 0. The Labute approximate surface area is 114 Å². The molecule has 1 aromatic carbocycles. The maximum Gasteiger partial charge on any atom is 0.123 e. The van der Waals surface area contributed by atoms with Crippen LogP contribution >= 0.6 is 12.2 Å². The summed E-state index contributed by atoms with van der Waals surface area (Å²) in [6, 6.07) is 5.88. The maximum absolute atomic E-state index is 5.63. The molecular weight excluding hydrogens is 246 g/mol. The topological polar surface area (TPSA) is 44.5 Å². The first kappa shape index (κ1) is 14.8. The molecule has 1 rings (SSSR count). The van der Waals surface area contributed by atoms with Gasteiger partial charge in [0.05, 0.1) is 18.2 Å². The molecule has 4 heteroatoms. The smallest absolute Gasteiger partial charge is 0.123 e. The highest BCUT2D eigenvalue weighted by Crippen LogP contribution is 2.32. The second kappa shape index (κ2) is 7.21. The van der Waals surface area contributed by atoms with E-state index in [4.69, 9.17) is 27.4 Å². The molecule has 0 bridgehead atoms. The maximum atomic E-state index is 5.63. The lowest BCUT2D eigenvalue weighted by Gasteiger charge is -2.17. The Morgan fingerprint density at radius 2 is 1.94 bits per heavy atom. The highest BCUT2D eigenvalue weighted by Gasteiger charge is 2.14. The largest absolute Gasteiger partial charge is 0.494 e. The van der Waals surface area contributed by atoms with Gasteiger partial charge in [0, 0.05) is 12.0 Å². The summed E-state index contributed by atoms with van der Waals surface area (Å²) in [4.78, 5) is 0.520. The van der Waals surface area contributed by atoms with E-state index in [9.17, 15) is 0 Å². The Balaban J connectivity index is 3.01. The van der Waals surface area contributed by atoms with E-state index >= 15 is 0 Å². The standard InChI is InChI=1S/C14H21NO2S/c1-4-16-11-6-7-13(17-5-2)12(9-11)10(3)8-14(15)18/h6-7,9-10H,4-5,8H2,1-3H3,(H2,15,18). The molecule has 3 nitrogen and oxygen atoms in total. The minimum Gasteiger partial charge on any atom is -0.494 e. The number of rotatable bonds is 7. The first-order valence-electron chi connectivity index (χ1n) is 6.26. The van der Waals surface area contributed by atoms with Gasteiger partial charge < -0.3 is 15.2 Å². The molecule has 0 aliphatic heterocycles. The molecule has 1 atom stereocenters. The third-order valence-electron chi connectivity index (χ3n) is 2.63. The van der Waals surface area contributed by atoms with Crippen molar-refractivity contribution in [2.24, 2.45) is 5.73 Å². The van der Waals surface area contributed by atoms with Gasteiger partial charge in [-0.25, -0.2) is 0 Å². The summed E-state index contributed by atoms with van der Waals surface area (Å²) in [5.41, 5.74) is 6.70. The molecule has 0 aromatic heterocycles. The van der Waals surface area contributed by atoms with Gasteiger partial charge >= 0.3 is 0 Å². The molecule has 0 saturated carbocycles. The zero-order valence-electron chi connectivity index (χ0n) is 11.2. The minimum absolute atomic E-state index is 0.226. The second-order valence-electron chi connectivity index (χ2n) is 4.14. The van der Waals surface area contributed by atoms with Crippen LogP contribution in [0.5, 0.6) is 11.5 Å². The zero-order valence-corrected chi connectivity index (χ0v) is 12.0. The van der Waals surface area contributed by atoms with Gasteiger partial charge in [0.25, 0.3) is 0 Å². The van der Waals surface area contributed by atoms with Crippen LogP contribution in [0.1, 0.15) is 38.7 Å². The van der Waals surface area contributed by atoms with Gasteiger partial charge in [0.2, 0.25) is 0 Å². The normalized spacial score (nSPS) is 11.9. The summed E-state index contributed by atoms with van der Waals surface area (Å²) in [6.07, 6.45) is 0.672. The van der Waals surface area contributed by atoms with Crippen molar-refractivity contribution < 1.29 is 9.47 Å². The van der Waals surface area contributed by atoms with Crippen molar-refractivity contribution in [3.63, 3.8) is 0 Å².